The Bertz CT molecular complexity index is 935. The molecule has 3 rings (SSSR count). The Hall–Kier alpha value is -2.16. The molecule has 0 aliphatic carbocycles. The molecule has 3 aromatic rings. The second-order valence-electron chi connectivity index (χ2n) is 6.23. The average molecular weight is 480 g/mol. The van der Waals surface area contributed by atoms with Crippen LogP contribution in [0.3, 0.4) is 0 Å². The number of aromatic nitrogens is 1. The highest BCUT2D eigenvalue weighted by atomic mass is 79.9. The molecule has 0 amide bonds. The van der Waals surface area contributed by atoms with Crippen LogP contribution < -0.4 is 4.74 Å². The topological polar surface area (TPSA) is 70.8 Å². The summed E-state index contributed by atoms with van der Waals surface area (Å²) in [5, 5.41) is 0. The van der Waals surface area contributed by atoms with Crippen molar-refractivity contribution in [2.24, 2.45) is 0 Å². The predicted octanol–water partition coefficient (Wildman–Crippen LogP) is 5.52. The molecule has 0 saturated carbocycles. The lowest BCUT2D eigenvalue weighted by Gasteiger charge is -2.07. The quantitative estimate of drug-likeness (QED) is 0.281. The van der Waals surface area contributed by atoms with Gasteiger partial charge in [0, 0.05) is 6.42 Å². The summed E-state index contributed by atoms with van der Waals surface area (Å²) < 4.78 is 12.6. The molecular formula is C21H22BrNO5S. The second kappa shape index (κ2) is 10.6. The number of nitrogens with zero attached hydrogens (tertiary/aromatic N) is 1. The van der Waals surface area contributed by atoms with Crippen molar-refractivity contribution in [1.29, 1.82) is 0 Å². The van der Waals surface area contributed by atoms with E-state index < -0.39 is 0 Å². The van der Waals surface area contributed by atoms with Gasteiger partial charge in [-0.25, -0.2) is 9.78 Å². The SMILES string of the molecule is CCOOC(=O)CCc1ccc(OCCc2nc(-c3ccc(Br)s3)oc2C)cc1. The maximum atomic E-state index is 11.5. The molecule has 0 unspecified atom stereocenters. The molecular weight excluding hydrogens is 458 g/mol. The molecule has 154 valence electrons. The number of aryl methyl sites for hydroxylation is 2. The van der Waals surface area contributed by atoms with E-state index in [0.29, 0.717) is 31.9 Å². The van der Waals surface area contributed by atoms with E-state index in [1.807, 2.05) is 43.3 Å². The zero-order valence-electron chi connectivity index (χ0n) is 16.3. The second-order valence-corrected chi connectivity index (χ2v) is 8.69. The molecule has 1 aromatic carbocycles. The number of thiophene rings is 1. The minimum absolute atomic E-state index is 0.273. The fraction of sp³-hybridized carbons (Fsp3) is 0.333. The Kier molecular flexibility index (Phi) is 7.85. The fourth-order valence-corrected chi connectivity index (χ4v) is 3.94. The zero-order chi connectivity index (χ0) is 20.6. The van der Waals surface area contributed by atoms with Crippen molar-refractivity contribution >= 4 is 33.2 Å². The van der Waals surface area contributed by atoms with Gasteiger partial charge >= 0.3 is 5.97 Å². The van der Waals surface area contributed by atoms with E-state index in [1.54, 1.807) is 18.3 Å². The number of oxazole rings is 1. The lowest BCUT2D eigenvalue weighted by atomic mass is 10.1. The molecule has 0 fully saturated rings. The number of ether oxygens (including phenoxy) is 1. The first-order valence-corrected chi connectivity index (χ1v) is 10.9. The molecule has 0 N–H and O–H groups in total. The van der Waals surface area contributed by atoms with Crippen molar-refractivity contribution in [2.75, 3.05) is 13.2 Å². The van der Waals surface area contributed by atoms with Crippen LogP contribution in [0.5, 0.6) is 5.75 Å². The molecule has 0 aliphatic rings. The van der Waals surface area contributed by atoms with E-state index >= 15 is 0 Å². The Morgan fingerprint density at radius 3 is 2.66 bits per heavy atom. The van der Waals surface area contributed by atoms with Crippen LogP contribution in [0.2, 0.25) is 0 Å². The number of carbonyl (C=O) groups excluding carboxylic acids is 1. The highest BCUT2D eigenvalue weighted by molar-refractivity contribution is 9.11. The van der Waals surface area contributed by atoms with Crippen LogP contribution in [0.4, 0.5) is 0 Å². The van der Waals surface area contributed by atoms with Crippen molar-refractivity contribution in [3.05, 3.63) is 57.2 Å². The fourth-order valence-electron chi connectivity index (χ4n) is 2.63. The number of rotatable bonds is 10. The van der Waals surface area contributed by atoms with Gasteiger partial charge in [0.2, 0.25) is 5.89 Å². The summed E-state index contributed by atoms with van der Waals surface area (Å²) >= 11 is 5.04. The lowest BCUT2D eigenvalue weighted by molar-refractivity contribution is -0.269. The van der Waals surface area contributed by atoms with Crippen molar-refractivity contribution in [3.63, 3.8) is 0 Å². The summed E-state index contributed by atoms with van der Waals surface area (Å²) in [7, 11) is 0. The Morgan fingerprint density at radius 2 is 1.97 bits per heavy atom. The molecule has 2 aromatic heterocycles. The molecule has 8 heteroatoms. The number of benzene rings is 1. The van der Waals surface area contributed by atoms with Crippen LogP contribution >= 0.6 is 27.3 Å². The van der Waals surface area contributed by atoms with Gasteiger partial charge in [0.1, 0.15) is 11.5 Å². The molecule has 0 spiro atoms. The lowest BCUT2D eigenvalue weighted by Crippen LogP contribution is -2.06. The molecule has 0 saturated heterocycles. The minimum atomic E-state index is -0.371. The summed E-state index contributed by atoms with van der Waals surface area (Å²) in [5.41, 5.74) is 1.93. The molecule has 0 aliphatic heterocycles. The molecule has 0 atom stereocenters. The molecule has 2 heterocycles. The largest absolute Gasteiger partial charge is 0.493 e. The molecule has 29 heavy (non-hydrogen) atoms. The van der Waals surface area contributed by atoms with Gasteiger partial charge in [-0.05, 0) is 66.0 Å². The number of hydrogen-bond acceptors (Lipinski definition) is 7. The van der Waals surface area contributed by atoms with E-state index in [0.717, 1.165) is 31.4 Å². The summed E-state index contributed by atoms with van der Waals surface area (Å²) in [6.07, 6.45) is 1.52. The molecule has 0 radical (unpaired) electrons. The van der Waals surface area contributed by atoms with E-state index in [9.17, 15) is 4.79 Å². The predicted molar refractivity (Wildman–Crippen MR) is 114 cm³/mol. The maximum absolute atomic E-state index is 11.5. The van der Waals surface area contributed by atoms with Gasteiger partial charge in [0.15, 0.2) is 0 Å². The van der Waals surface area contributed by atoms with Gasteiger partial charge in [-0.1, -0.05) is 12.1 Å². The van der Waals surface area contributed by atoms with E-state index in [4.69, 9.17) is 9.15 Å². The van der Waals surface area contributed by atoms with Crippen LogP contribution in [-0.4, -0.2) is 24.2 Å². The van der Waals surface area contributed by atoms with Gasteiger partial charge in [0.25, 0.3) is 0 Å². The number of hydrogen-bond donors (Lipinski definition) is 0. The smallest absolute Gasteiger partial charge is 0.342 e. The van der Waals surface area contributed by atoms with E-state index in [2.05, 4.69) is 30.7 Å². The van der Waals surface area contributed by atoms with Crippen molar-refractivity contribution in [1.82, 2.24) is 4.98 Å². The van der Waals surface area contributed by atoms with Gasteiger partial charge in [-0.15, -0.1) is 11.3 Å². The van der Waals surface area contributed by atoms with Crippen LogP contribution in [0.15, 0.2) is 44.6 Å². The van der Waals surface area contributed by atoms with Gasteiger partial charge in [-0.3, -0.25) is 4.89 Å². The highest BCUT2D eigenvalue weighted by Gasteiger charge is 2.13. The zero-order valence-corrected chi connectivity index (χ0v) is 18.7. The average Bonchev–Trinajstić information content (AvgIpc) is 3.31. The summed E-state index contributed by atoms with van der Waals surface area (Å²) in [4.78, 5) is 26.3. The third-order valence-corrected chi connectivity index (χ3v) is 5.71. The standard InChI is InChI=1S/C21H22BrNO5S/c1-3-26-28-20(24)11-6-15-4-7-16(8-5-15)25-13-12-17-14(2)27-21(23-17)18-9-10-19(22)29-18/h4-5,7-10H,3,6,11-13H2,1-2H3. The van der Waals surface area contributed by atoms with Crippen molar-refractivity contribution in [2.45, 2.75) is 33.1 Å². The molecule has 6 nitrogen and oxygen atoms in total. The molecule has 0 bridgehead atoms. The van der Waals surface area contributed by atoms with Crippen LogP contribution in [0, 0.1) is 6.92 Å². The van der Waals surface area contributed by atoms with Crippen LogP contribution in [-0.2, 0) is 27.4 Å². The maximum Gasteiger partial charge on any atom is 0.342 e. The first kappa shape index (κ1) is 21.5. The van der Waals surface area contributed by atoms with Gasteiger partial charge in [0.05, 0.1) is 34.0 Å². The highest BCUT2D eigenvalue weighted by Crippen LogP contribution is 2.31. The van der Waals surface area contributed by atoms with Crippen molar-refractivity contribution in [3.8, 4) is 16.5 Å². The summed E-state index contributed by atoms with van der Waals surface area (Å²) in [5.74, 6) is 1.85. The minimum Gasteiger partial charge on any atom is -0.493 e. The van der Waals surface area contributed by atoms with Gasteiger partial charge < -0.3 is 9.15 Å². The Balaban J connectivity index is 1.46. The monoisotopic (exact) mass is 479 g/mol. The first-order valence-electron chi connectivity index (χ1n) is 9.31. The van der Waals surface area contributed by atoms with E-state index in [-0.39, 0.29) is 12.4 Å². The normalized spacial score (nSPS) is 10.9. The third kappa shape index (κ3) is 6.42. The third-order valence-electron chi connectivity index (χ3n) is 4.10. The Morgan fingerprint density at radius 1 is 1.17 bits per heavy atom. The summed E-state index contributed by atoms with van der Waals surface area (Å²) in [6.45, 7) is 4.53. The van der Waals surface area contributed by atoms with Crippen molar-refractivity contribution < 1.29 is 23.7 Å². The van der Waals surface area contributed by atoms with Crippen LogP contribution in [0.25, 0.3) is 10.8 Å². The Labute approximate surface area is 181 Å². The van der Waals surface area contributed by atoms with Crippen LogP contribution in [0.1, 0.15) is 30.4 Å². The number of halogens is 1. The number of carbonyl (C=O) groups is 1. The first-order chi connectivity index (χ1) is 14.0. The van der Waals surface area contributed by atoms with Gasteiger partial charge in [-0.2, -0.15) is 4.89 Å². The summed E-state index contributed by atoms with van der Waals surface area (Å²) in [6, 6.07) is 11.6. The van der Waals surface area contributed by atoms with E-state index in [1.165, 1.54) is 0 Å².